The number of carboxylic acid groups (broad SMARTS) is 1. The molecule has 0 saturated carbocycles. The lowest BCUT2D eigenvalue weighted by Gasteiger charge is -2.03. The topological polar surface area (TPSA) is 111 Å². The summed E-state index contributed by atoms with van der Waals surface area (Å²) in [5, 5.41) is 26.6. The summed E-state index contributed by atoms with van der Waals surface area (Å²) in [6.45, 7) is 1.28. The summed E-state index contributed by atoms with van der Waals surface area (Å²) in [5.74, 6) is -2.79. The maximum absolute atomic E-state index is 10.9. The number of aromatic hydroxyl groups is 2. The highest BCUT2D eigenvalue weighted by atomic mass is 16.4. The molecular weight excluding hydrogens is 178 g/mol. The van der Waals surface area contributed by atoms with Crippen molar-refractivity contribution in [3.05, 3.63) is 21.5 Å². The molecule has 0 bridgehead atoms. The number of rotatable bonds is 1. The number of pyridine rings is 1. The minimum atomic E-state index is -1.54. The molecule has 13 heavy (non-hydrogen) atoms. The highest BCUT2D eigenvalue weighted by molar-refractivity contribution is 5.90. The molecule has 0 amide bonds. The molecule has 1 aromatic heterocycles. The van der Waals surface area contributed by atoms with Gasteiger partial charge >= 0.3 is 5.97 Å². The van der Waals surface area contributed by atoms with Crippen LogP contribution in [0.1, 0.15) is 15.9 Å². The molecular formula is C7H7NO5. The lowest BCUT2D eigenvalue weighted by atomic mass is 10.2. The van der Waals surface area contributed by atoms with Crippen LogP contribution in [-0.4, -0.2) is 26.3 Å². The zero-order valence-electron chi connectivity index (χ0n) is 6.66. The first kappa shape index (κ1) is 9.11. The van der Waals surface area contributed by atoms with Crippen molar-refractivity contribution in [1.29, 1.82) is 0 Å². The van der Waals surface area contributed by atoms with Gasteiger partial charge in [-0.15, -0.1) is 0 Å². The van der Waals surface area contributed by atoms with Crippen LogP contribution in [0.5, 0.6) is 11.6 Å². The molecule has 0 aliphatic carbocycles. The van der Waals surface area contributed by atoms with E-state index in [0.29, 0.717) is 0 Å². The highest BCUT2D eigenvalue weighted by Gasteiger charge is 2.19. The normalized spacial score (nSPS) is 9.92. The Bertz CT molecular complexity index is 420. The molecule has 0 unspecified atom stereocenters. The fraction of sp³-hybridized carbons (Fsp3) is 0.143. The molecule has 0 atom stereocenters. The van der Waals surface area contributed by atoms with E-state index in [0.717, 1.165) is 0 Å². The number of carbonyl (C=O) groups is 1. The summed E-state index contributed by atoms with van der Waals surface area (Å²) < 4.78 is 0. The van der Waals surface area contributed by atoms with Crippen LogP contribution in [0.2, 0.25) is 0 Å². The lowest BCUT2D eigenvalue weighted by molar-refractivity contribution is 0.0691. The Kier molecular flexibility index (Phi) is 1.97. The summed E-state index contributed by atoms with van der Waals surface area (Å²) in [5.41, 5.74) is -1.87. The van der Waals surface area contributed by atoms with E-state index in [-0.39, 0.29) is 5.56 Å². The van der Waals surface area contributed by atoms with E-state index in [9.17, 15) is 9.59 Å². The third kappa shape index (κ3) is 1.33. The van der Waals surface area contributed by atoms with E-state index in [1.54, 1.807) is 0 Å². The maximum Gasteiger partial charge on any atom is 0.345 e. The second-order valence-corrected chi connectivity index (χ2v) is 2.46. The average Bonchev–Trinajstić information content (AvgIpc) is 1.99. The Morgan fingerprint density at radius 2 is 1.92 bits per heavy atom. The summed E-state index contributed by atoms with van der Waals surface area (Å²) in [6, 6.07) is 0. The quantitative estimate of drug-likeness (QED) is 0.484. The van der Waals surface area contributed by atoms with Crippen molar-refractivity contribution in [1.82, 2.24) is 4.98 Å². The van der Waals surface area contributed by atoms with Gasteiger partial charge in [0, 0.05) is 0 Å². The van der Waals surface area contributed by atoms with Gasteiger partial charge in [0.05, 0.1) is 5.56 Å². The largest absolute Gasteiger partial charge is 0.506 e. The third-order valence-electron chi connectivity index (χ3n) is 1.62. The molecule has 0 aliphatic rings. The Morgan fingerprint density at radius 1 is 1.38 bits per heavy atom. The van der Waals surface area contributed by atoms with Crippen molar-refractivity contribution in [3.63, 3.8) is 0 Å². The predicted octanol–water partition coefficient (Wildman–Crippen LogP) is -0.207. The molecule has 6 heteroatoms. The van der Waals surface area contributed by atoms with Crippen LogP contribution in [0.25, 0.3) is 0 Å². The lowest BCUT2D eigenvalue weighted by Crippen LogP contribution is -2.17. The van der Waals surface area contributed by atoms with Crippen molar-refractivity contribution >= 4 is 5.97 Å². The summed E-state index contributed by atoms with van der Waals surface area (Å²) in [6.07, 6.45) is 0. The first-order valence-corrected chi connectivity index (χ1v) is 3.33. The summed E-state index contributed by atoms with van der Waals surface area (Å²) >= 11 is 0. The molecule has 1 rings (SSSR count). The molecule has 0 saturated heterocycles. The van der Waals surface area contributed by atoms with Crippen LogP contribution >= 0.6 is 0 Å². The van der Waals surface area contributed by atoms with Gasteiger partial charge in [-0.3, -0.25) is 9.78 Å². The predicted molar refractivity (Wildman–Crippen MR) is 42.1 cm³/mol. The number of nitrogens with one attached hydrogen (secondary N) is 1. The highest BCUT2D eigenvalue weighted by Crippen LogP contribution is 2.24. The van der Waals surface area contributed by atoms with Crippen LogP contribution < -0.4 is 5.56 Å². The number of hydrogen-bond donors (Lipinski definition) is 4. The van der Waals surface area contributed by atoms with E-state index >= 15 is 0 Å². The number of carboxylic acids is 1. The van der Waals surface area contributed by atoms with Crippen LogP contribution in [0.15, 0.2) is 4.79 Å². The Hall–Kier alpha value is -1.98. The zero-order chi connectivity index (χ0) is 10.2. The number of H-pyrrole nitrogens is 1. The van der Waals surface area contributed by atoms with E-state index in [1.165, 1.54) is 6.92 Å². The van der Waals surface area contributed by atoms with Gasteiger partial charge in [0.25, 0.3) is 5.56 Å². The fourth-order valence-corrected chi connectivity index (χ4v) is 0.869. The molecule has 0 aromatic carbocycles. The number of hydrogen-bond acceptors (Lipinski definition) is 4. The molecule has 70 valence electrons. The Morgan fingerprint density at radius 3 is 2.38 bits per heavy atom. The van der Waals surface area contributed by atoms with Crippen molar-refractivity contribution < 1.29 is 20.1 Å². The van der Waals surface area contributed by atoms with E-state index in [4.69, 9.17) is 15.3 Å². The number of aromatic amines is 1. The van der Waals surface area contributed by atoms with Gasteiger partial charge in [-0.25, -0.2) is 4.79 Å². The van der Waals surface area contributed by atoms with Gasteiger partial charge in [-0.1, -0.05) is 0 Å². The standard InChI is InChI=1S/C7H7NO5/c1-2-4(9)3(7(12)13)6(11)8-5(2)10/h1H3,(H,12,13)(H3,8,9,10,11). The summed E-state index contributed by atoms with van der Waals surface area (Å²) in [7, 11) is 0. The van der Waals surface area contributed by atoms with Gasteiger partial charge in [0.2, 0.25) is 0 Å². The Labute approximate surface area is 72.1 Å². The minimum Gasteiger partial charge on any atom is -0.506 e. The summed E-state index contributed by atoms with van der Waals surface area (Å²) in [4.78, 5) is 23.2. The minimum absolute atomic E-state index is 0.0722. The van der Waals surface area contributed by atoms with Gasteiger partial charge < -0.3 is 15.3 Å². The molecule has 0 spiro atoms. The van der Waals surface area contributed by atoms with Crippen molar-refractivity contribution in [2.75, 3.05) is 0 Å². The Balaban J connectivity index is 3.63. The van der Waals surface area contributed by atoms with E-state index in [2.05, 4.69) is 0 Å². The molecule has 1 aromatic rings. The molecule has 0 radical (unpaired) electrons. The number of aromatic nitrogens is 1. The van der Waals surface area contributed by atoms with Crippen LogP contribution in [0.3, 0.4) is 0 Å². The first-order chi connectivity index (χ1) is 5.95. The second kappa shape index (κ2) is 2.81. The van der Waals surface area contributed by atoms with Crippen molar-refractivity contribution in [2.45, 2.75) is 6.92 Å². The number of aromatic carboxylic acids is 1. The van der Waals surface area contributed by atoms with E-state index < -0.39 is 28.7 Å². The van der Waals surface area contributed by atoms with Crippen molar-refractivity contribution in [3.8, 4) is 11.6 Å². The smallest absolute Gasteiger partial charge is 0.345 e. The van der Waals surface area contributed by atoms with Gasteiger partial charge in [-0.2, -0.15) is 0 Å². The van der Waals surface area contributed by atoms with Crippen LogP contribution in [0, 0.1) is 6.92 Å². The zero-order valence-corrected chi connectivity index (χ0v) is 6.66. The molecule has 0 aliphatic heterocycles. The molecule has 1 heterocycles. The van der Waals surface area contributed by atoms with E-state index in [1.807, 2.05) is 4.98 Å². The van der Waals surface area contributed by atoms with Crippen molar-refractivity contribution in [2.24, 2.45) is 0 Å². The van der Waals surface area contributed by atoms with Crippen LogP contribution in [-0.2, 0) is 0 Å². The monoisotopic (exact) mass is 185 g/mol. The third-order valence-corrected chi connectivity index (χ3v) is 1.62. The average molecular weight is 185 g/mol. The second-order valence-electron chi connectivity index (χ2n) is 2.46. The first-order valence-electron chi connectivity index (χ1n) is 3.33. The van der Waals surface area contributed by atoms with Gasteiger partial charge in [0.1, 0.15) is 5.75 Å². The van der Waals surface area contributed by atoms with Crippen LogP contribution in [0.4, 0.5) is 0 Å². The molecule has 0 fully saturated rings. The van der Waals surface area contributed by atoms with Gasteiger partial charge in [0.15, 0.2) is 11.4 Å². The fourth-order valence-electron chi connectivity index (χ4n) is 0.869. The molecule has 6 nitrogen and oxygen atoms in total. The SMILES string of the molecule is Cc1c(O)[nH]c(=O)c(C(=O)O)c1O. The van der Waals surface area contributed by atoms with Gasteiger partial charge in [-0.05, 0) is 6.92 Å². The maximum atomic E-state index is 10.9. The molecule has 4 N–H and O–H groups in total.